The topological polar surface area (TPSA) is 49.3 Å². The van der Waals surface area contributed by atoms with Crippen molar-refractivity contribution >= 4 is 11.6 Å². The van der Waals surface area contributed by atoms with Crippen molar-refractivity contribution in [3.05, 3.63) is 82.0 Å². The Morgan fingerprint density at radius 2 is 1.77 bits per heavy atom. The molecule has 0 radical (unpaired) electrons. The van der Waals surface area contributed by atoms with Crippen LogP contribution in [0.4, 0.5) is 5.69 Å². The Balaban J connectivity index is 2.01. The van der Waals surface area contributed by atoms with Crippen LogP contribution in [0.3, 0.4) is 0 Å². The molecule has 2 rings (SSSR count). The SMILES string of the molecule is CC(C=CC1=C(C)CCCC1(C)C)=CC=CC(C)=CC(=O)Nc1cc(C)c(O)cc1C. The Labute approximate surface area is 188 Å². The summed E-state index contributed by atoms with van der Waals surface area (Å²) in [6, 6.07) is 3.44. The molecule has 31 heavy (non-hydrogen) atoms. The number of carbonyl (C=O) groups excluding carboxylic acids is 1. The average Bonchev–Trinajstić information content (AvgIpc) is 2.65. The molecule has 0 spiro atoms. The summed E-state index contributed by atoms with van der Waals surface area (Å²) in [5, 5.41) is 12.6. The predicted octanol–water partition coefficient (Wildman–Crippen LogP) is 7.48. The van der Waals surface area contributed by atoms with Crippen LogP contribution >= 0.6 is 0 Å². The number of carbonyl (C=O) groups is 1. The normalized spacial score (nSPS) is 17.6. The van der Waals surface area contributed by atoms with Gasteiger partial charge in [0.1, 0.15) is 5.75 Å². The second kappa shape index (κ2) is 10.5. The number of nitrogens with one attached hydrogen (secondary N) is 1. The van der Waals surface area contributed by atoms with E-state index >= 15 is 0 Å². The third kappa shape index (κ3) is 7.13. The molecule has 166 valence electrons. The quantitative estimate of drug-likeness (QED) is 0.285. The zero-order chi connectivity index (χ0) is 23.2. The molecule has 1 amide bonds. The fraction of sp³-hybridized carbons (Fsp3) is 0.393. The van der Waals surface area contributed by atoms with E-state index in [4.69, 9.17) is 0 Å². The molecule has 3 nitrogen and oxygen atoms in total. The lowest BCUT2D eigenvalue weighted by Crippen LogP contribution is -2.19. The molecule has 1 aliphatic carbocycles. The van der Waals surface area contributed by atoms with Gasteiger partial charge in [-0.1, -0.05) is 55.4 Å². The van der Waals surface area contributed by atoms with Gasteiger partial charge in [0.15, 0.2) is 0 Å². The van der Waals surface area contributed by atoms with E-state index in [1.54, 1.807) is 18.2 Å². The maximum atomic E-state index is 12.3. The Kier molecular flexibility index (Phi) is 8.27. The number of hydrogen-bond donors (Lipinski definition) is 2. The summed E-state index contributed by atoms with van der Waals surface area (Å²) in [5.41, 5.74) is 7.52. The van der Waals surface area contributed by atoms with E-state index in [-0.39, 0.29) is 17.1 Å². The number of aromatic hydroxyl groups is 1. The van der Waals surface area contributed by atoms with Crippen LogP contribution in [-0.4, -0.2) is 11.0 Å². The van der Waals surface area contributed by atoms with Crippen LogP contribution in [0.2, 0.25) is 0 Å². The summed E-state index contributed by atoms with van der Waals surface area (Å²) in [7, 11) is 0. The van der Waals surface area contributed by atoms with E-state index in [0.29, 0.717) is 5.69 Å². The van der Waals surface area contributed by atoms with Crippen LogP contribution in [0, 0.1) is 19.3 Å². The lowest BCUT2D eigenvalue weighted by Gasteiger charge is -2.32. The summed E-state index contributed by atoms with van der Waals surface area (Å²) in [6.45, 7) is 14.6. The highest BCUT2D eigenvalue weighted by atomic mass is 16.3. The average molecular weight is 420 g/mol. The summed E-state index contributed by atoms with van der Waals surface area (Å²) in [5.74, 6) is 0.0535. The van der Waals surface area contributed by atoms with Gasteiger partial charge in [-0.05, 0) is 93.7 Å². The van der Waals surface area contributed by atoms with Gasteiger partial charge in [0.05, 0.1) is 0 Å². The Morgan fingerprint density at radius 1 is 1.06 bits per heavy atom. The van der Waals surface area contributed by atoms with Crippen LogP contribution in [0.5, 0.6) is 5.75 Å². The smallest absolute Gasteiger partial charge is 0.248 e. The molecular weight excluding hydrogens is 382 g/mol. The number of amides is 1. The molecule has 1 aromatic rings. The van der Waals surface area contributed by atoms with Crippen molar-refractivity contribution in [3.63, 3.8) is 0 Å². The third-order valence-electron chi connectivity index (χ3n) is 5.93. The van der Waals surface area contributed by atoms with Gasteiger partial charge >= 0.3 is 0 Å². The Bertz CT molecular complexity index is 985. The number of phenolic OH excluding ortho intramolecular Hbond substituents is 1. The van der Waals surface area contributed by atoms with Crippen LogP contribution in [-0.2, 0) is 4.79 Å². The van der Waals surface area contributed by atoms with Crippen LogP contribution in [0.25, 0.3) is 0 Å². The highest BCUT2D eigenvalue weighted by Crippen LogP contribution is 2.40. The standard InChI is InChI=1S/C28H37NO2/c1-19(13-14-24-21(3)12-9-15-28(24,6)7)10-8-11-20(2)16-27(31)29-25-17-23(5)26(30)18-22(25)4/h8,10-11,13-14,16-18,30H,9,12,15H2,1-7H3,(H,29,31). The zero-order valence-electron chi connectivity index (χ0n) is 20.1. The number of aryl methyl sites for hydroxylation is 2. The number of phenols is 1. The monoisotopic (exact) mass is 419 g/mol. The highest BCUT2D eigenvalue weighted by Gasteiger charge is 2.26. The van der Waals surface area contributed by atoms with E-state index in [1.807, 2.05) is 32.9 Å². The van der Waals surface area contributed by atoms with Crippen molar-refractivity contribution in [2.24, 2.45) is 5.41 Å². The molecule has 0 fully saturated rings. The first-order valence-corrected chi connectivity index (χ1v) is 11.0. The number of benzene rings is 1. The number of anilines is 1. The second-order valence-corrected chi connectivity index (χ2v) is 9.37. The molecule has 0 atom stereocenters. The lowest BCUT2D eigenvalue weighted by atomic mass is 9.72. The van der Waals surface area contributed by atoms with E-state index < -0.39 is 0 Å². The lowest BCUT2D eigenvalue weighted by molar-refractivity contribution is -0.111. The maximum Gasteiger partial charge on any atom is 0.248 e. The van der Waals surface area contributed by atoms with Crippen molar-refractivity contribution in [1.29, 1.82) is 0 Å². The maximum absolute atomic E-state index is 12.3. The minimum absolute atomic E-state index is 0.183. The first-order valence-electron chi connectivity index (χ1n) is 11.0. The molecule has 0 bridgehead atoms. The van der Waals surface area contributed by atoms with Gasteiger partial charge in [-0.3, -0.25) is 4.79 Å². The number of allylic oxidation sites excluding steroid dienone is 9. The molecule has 3 heteroatoms. The van der Waals surface area contributed by atoms with Crippen molar-refractivity contribution < 1.29 is 9.90 Å². The molecule has 1 aromatic carbocycles. The molecule has 0 aliphatic heterocycles. The van der Waals surface area contributed by atoms with Crippen LogP contribution in [0.1, 0.15) is 65.0 Å². The Hall–Kier alpha value is -2.81. The van der Waals surface area contributed by atoms with E-state index in [1.165, 1.54) is 36.0 Å². The van der Waals surface area contributed by atoms with Gasteiger partial charge in [-0.25, -0.2) is 0 Å². The molecule has 0 saturated heterocycles. The molecular formula is C28H37NO2. The largest absolute Gasteiger partial charge is 0.508 e. The Morgan fingerprint density at radius 3 is 2.45 bits per heavy atom. The zero-order valence-corrected chi connectivity index (χ0v) is 20.1. The fourth-order valence-corrected chi connectivity index (χ4v) is 3.99. The fourth-order valence-electron chi connectivity index (χ4n) is 3.99. The van der Waals surface area contributed by atoms with Crippen LogP contribution < -0.4 is 5.32 Å². The molecule has 2 N–H and O–H groups in total. The number of hydrogen-bond acceptors (Lipinski definition) is 2. The highest BCUT2D eigenvalue weighted by molar-refractivity contribution is 6.00. The molecule has 0 heterocycles. The summed E-state index contributed by atoms with van der Waals surface area (Å²) >= 11 is 0. The first-order chi connectivity index (χ1) is 14.5. The number of rotatable bonds is 6. The van der Waals surface area contributed by atoms with Crippen molar-refractivity contribution in [2.45, 2.75) is 67.7 Å². The van der Waals surface area contributed by atoms with Crippen molar-refractivity contribution in [3.8, 4) is 5.75 Å². The minimum Gasteiger partial charge on any atom is -0.508 e. The van der Waals surface area contributed by atoms with E-state index in [0.717, 1.165) is 16.7 Å². The third-order valence-corrected chi connectivity index (χ3v) is 5.93. The predicted molar refractivity (Wildman–Crippen MR) is 132 cm³/mol. The van der Waals surface area contributed by atoms with Gasteiger partial charge < -0.3 is 10.4 Å². The van der Waals surface area contributed by atoms with Gasteiger partial charge in [-0.15, -0.1) is 0 Å². The summed E-state index contributed by atoms with van der Waals surface area (Å²) in [4.78, 5) is 12.3. The molecule has 0 aromatic heterocycles. The van der Waals surface area contributed by atoms with Crippen molar-refractivity contribution in [1.82, 2.24) is 0 Å². The second-order valence-electron chi connectivity index (χ2n) is 9.37. The van der Waals surface area contributed by atoms with Gasteiger partial charge in [0.25, 0.3) is 0 Å². The van der Waals surface area contributed by atoms with Gasteiger partial charge in [-0.2, -0.15) is 0 Å². The first kappa shape index (κ1) is 24.5. The minimum atomic E-state index is -0.183. The van der Waals surface area contributed by atoms with E-state index in [2.05, 4.69) is 51.2 Å². The van der Waals surface area contributed by atoms with Crippen LogP contribution in [0.15, 0.2) is 70.9 Å². The van der Waals surface area contributed by atoms with Gasteiger partial charge in [0, 0.05) is 11.8 Å². The van der Waals surface area contributed by atoms with Crippen molar-refractivity contribution in [2.75, 3.05) is 5.32 Å². The summed E-state index contributed by atoms with van der Waals surface area (Å²) < 4.78 is 0. The molecule has 1 aliphatic rings. The van der Waals surface area contributed by atoms with E-state index in [9.17, 15) is 9.90 Å². The molecule has 0 saturated carbocycles. The summed E-state index contributed by atoms with van der Waals surface area (Å²) in [6.07, 6.45) is 15.7. The molecule has 0 unspecified atom stereocenters. The van der Waals surface area contributed by atoms with Gasteiger partial charge in [0.2, 0.25) is 5.91 Å².